The molecule has 0 amide bonds. The maximum absolute atomic E-state index is 5.98. The van der Waals surface area contributed by atoms with E-state index >= 15 is 0 Å². The second-order valence-electron chi connectivity index (χ2n) is 5.08. The molecule has 1 N–H and O–H groups in total. The summed E-state index contributed by atoms with van der Waals surface area (Å²) in [5.74, 6) is 0.711. The van der Waals surface area contributed by atoms with Crippen molar-refractivity contribution < 1.29 is 0 Å². The Hall–Kier alpha value is -0.0900. The Labute approximate surface area is 124 Å². The van der Waals surface area contributed by atoms with E-state index in [0.717, 1.165) is 35.7 Å². The second-order valence-corrected chi connectivity index (χ2v) is 6.35. The standard InChI is InChI=1S/C14H22BrClN2/c1-11(2)9-17-6-7-18(3)10-12-4-5-14(16)13(15)8-12/h4-5,8,11,17H,6-7,9-10H2,1-3H3. The van der Waals surface area contributed by atoms with Crippen LogP contribution in [-0.2, 0) is 6.54 Å². The average molecular weight is 334 g/mol. The largest absolute Gasteiger partial charge is 0.315 e. The second kappa shape index (κ2) is 8.16. The van der Waals surface area contributed by atoms with Gasteiger partial charge in [-0.25, -0.2) is 0 Å². The lowest BCUT2D eigenvalue weighted by Crippen LogP contribution is -2.30. The van der Waals surface area contributed by atoms with E-state index in [1.165, 1.54) is 5.56 Å². The summed E-state index contributed by atoms with van der Waals surface area (Å²) in [7, 11) is 2.14. The Balaban J connectivity index is 2.31. The topological polar surface area (TPSA) is 15.3 Å². The number of nitrogens with zero attached hydrogens (tertiary/aromatic N) is 1. The first-order valence-electron chi connectivity index (χ1n) is 6.32. The van der Waals surface area contributed by atoms with Gasteiger partial charge in [0.2, 0.25) is 0 Å². The van der Waals surface area contributed by atoms with E-state index in [9.17, 15) is 0 Å². The van der Waals surface area contributed by atoms with Crippen molar-refractivity contribution in [2.75, 3.05) is 26.7 Å². The molecular formula is C14H22BrClN2. The predicted molar refractivity (Wildman–Crippen MR) is 83.2 cm³/mol. The molecular weight excluding hydrogens is 312 g/mol. The molecule has 1 aromatic carbocycles. The van der Waals surface area contributed by atoms with Crippen molar-refractivity contribution in [2.24, 2.45) is 5.92 Å². The molecule has 0 bridgehead atoms. The monoisotopic (exact) mass is 332 g/mol. The van der Waals surface area contributed by atoms with Crippen LogP contribution in [0, 0.1) is 5.92 Å². The van der Waals surface area contributed by atoms with Gasteiger partial charge in [0.15, 0.2) is 0 Å². The highest BCUT2D eigenvalue weighted by molar-refractivity contribution is 9.10. The molecule has 102 valence electrons. The Morgan fingerprint density at radius 2 is 2.11 bits per heavy atom. The van der Waals surface area contributed by atoms with Crippen molar-refractivity contribution >= 4 is 27.5 Å². The van der Waals surface area contributed by atoms with Gasteiger partial charge in [-0.05, 0) is 53.1 Å². The highest BCUT2D eigenvalue weighted by Gasteiger charge is 2.03. The van der Waals surface area contributed by atoms with Gasteiger partial charge >= 0.3 is 0 Å². The molecule has 0 atom stereocenters. The molecule has 0 aliphatic heterocycles. The zero-order valence-electron chi connectivity index (χ0n) is 11.3. The minimum Gasteiger partial charge on any atom is -0.315 e. The van der Waals surface area contributed by atoms with Gasteiger partial charge < -0.3 is 10.2 Å². The summed E-state index contributed by atoms with van der Waals surface area (Å²) in [5, 5.41) is 4.21. The van der Waals surface area contributed by atoms with Crippen molar-refractivity contribution in [3.05, 3.63) is 33.3 Å². The van der Waals surface area contributed by atoms with Gasteiger partial charge in [-0.15, -0.1) is 0 Å². The number of halogens is 2. The fourth-order valence-corrected chi connectivity index (χ4v) is 2.23. The fourth-order valence-electron chi connectivity index (χ4n) is 1.69. The predicted octanol–water partition coefficient (Wildman–Crippen LogP) is 3.78. The number of rotatable bonds is 7. The summed E-state index contributed by atoms with van der Waals surface area (Å²) in [4.78, 5) is 2.31. The molecule has 0 saturated carbocycles. The summed E-state index contributed by atoms with van der Waals surface area (Å²) in [5.41, 5.74) is 1.28. The zero-order valence-corrected chi connectivity index (χ0v) is 13.7. The first kappa shape index (κ1) is 16.0. The third kappa shape index (κ3) is 6.19. The van der Waals surface area contributed by atoms with Crippen LogP contribution in [0.5, 0.6) is 0 Å². The van der Waals surface area contributed by atoms with Crippen LogP contribution in [0.1, 0.15) is 19.4 Å². The van der Waals surface area contributed by atoms with Crippen LogP contribution in [0.4, 0.5) is 0 Å². The molecule has 0 unspecified atom stereocenters. The average Bonchev–Trinajstić information content (AvgIpc) is 2.29. The quantitative estimate of drug-likeness (QED) is 0.764. The third-order valence-electron chi connectivity index (χ3n) is 2.66. The van der Waals surface area contributed by atoms with Gasteiger partial charge in [-0.1, -0.05) is 31.5 Å². The van der Waals surface area contributed by atoms with Gasteiger partial charge in [-0.3, -0.25) is 0 Å². The number of hydrogen-bond acceptors (Lipinski definition) is 2. The highest BCUT2D eigenvalue weighted by atomic mass is 79.9. The summed E-state index contributed by atoms with van der Waals surface area (Å²) in [6, 6.07) is 6.09. The molecule has 0 aliphatic carbocycles. The molecule has 2 nitrogen and oxygen atoms in total. The molecule has 0 aliphatic rings. The normalized spacial score (nSPS) is 11.5. The highest BCUT2D eigenvalue weighted by Crippen LogP contribution is 2.23. The summed E-state index contributed by atoms with van der Waals surface area (Å²) in [6.45, 7) is 8.56. The molecule has 18 heavy (non-hydrogen) atoms. The number of benzene rings is 1. The molecule has 0 aromatic heterocycles. The van der Waals surface area contributed by atoms with Crippen LogP contribution < -0.4 is 5.32 Å². The van der Waals surface area contributed by atoms with E-state index < -0.39 is 0 Å². The van der Waals surface area contributed by atoms with Crippen LogP contribution in [0.3, 0.4) is 0 Å². The maximum Gasteiger partial charge on any atom is 0.0548 e. The Bertz CT molecular complexity index is 369. The smallest absolute Gasteiger partial charge is 0.0548 e. The van der Waals surface area contributed by atoms with Gasteiger partial charge in [0.1, 0.15) is 0 Å². The lowest BCUT2D eigenvalue weighted by Gasteiger charge is -2.18. The first-order chi connectivity index (χ1) is 8.49. The van der Waals surface area contributed by atoms with Crippen molar-refractivity contribution in [1.82, 2.24) is 10.2 Å². The van der Waals surface area contributed by atoms with Crippen molar-refractivity contribution in [3.63, 3.8) is 0 Å². The lowest BCUT2D eigenvalue weighted by molar-refractivity contribution is 0.321. The van der Waals surface area contributed by atoms with Crippen molar-refractivity contribution in [2.45, 2.75) is 20.4 Å². The molecule has 1 aromatic rings. The minimum atomic E-state index is 0.711. The molecule has 4 heteroatoms. The van der Waals surface area contributed by atoms with E-state index in [-0.39, 0.29) is 0 Å². The van der Waals surface area contributed by atoms with Gasteiger partial charge in [0.25, 0.3) is 0 Å². The Morgan fingerprint density at radius 3 is 2.72 bits per heavy atom. The lowest BCUT2D eigenvalue weighted by atomic mass is 10.2. The SMILES string of the molecule is CC(C)CNCCN(C)Cc1ccc(Cl)c(Br)c1. The summed E-state index contributed by atoms with van der Waals surface area (Å²) < 4.78 is 0.966. The van der Waals surface area contributed by atoms with Gasteiger partial charge in [0.05, 0.1) is 5.02 Å². The number of hydrogen-bond donors (Lipinski definition) is 1. The first-order valence-corrected chi connectivity index (χ1v) is 7.49. The van der Waals surface area contributed by atoms with Crippen LogP contribution in [0.25, 0.3) is 0 Å². The van der Waals surface area contributed by atoms with Crippen LogP contribution in [-0.4, -0.2) is 31.6 Å². The molecule has 0 spiro atoms. The fraction of sp³-hybridized carbons (Fsp3) is 0.571. The number of likely N-dealkylation sites (N-methyl/N-ethyl adjacent to an activating group) is 1. The molecule has 0 saturated heterocycles. The van der Waals surface area contributed by atoms with Crippen LogP contribution >= 0.6 is 27.5 Å². The van der Waals surface area contributed by atoms with Gasteiger partial charge in [-0.2, -0.15) is 0 Å². The summed E-state index contributed by atoms with van der Waals surface area (Å²) in [6.07, 6.45) is 0. The van der Waals surface area contributed by atoms with E-state index in [4.69, 9.17) is 11.6 Å². The van der Waals surface area contributed by atoms with Gasteiger partial charge in [0, 0.05) is 24.1 Å². The zero-order chi connectivity index (χ0) is 13.5. The van der Waals surface area contributed by atoms with Crippen molar-refractivity contribution in [3.8, 4) is 0 Å². The molecule has 1 rings (SSSR count). The molecule has 0 radical (unpaired) electrons. The van der Waals surface area contributed by atoms with Crippen molar-refractivity contribution in [1.29, 1.82) is 0 Å². The van der Waals surface area contributed by atoms with E-state index in [0.29, 0.717) is 5.92 Å². The van der Waals surface area contributed by atoms with Crippen LogP contribution in [0.15, 0.2) is 22.7 Å². The Kier molecular flexibility index (Phi) is 7.23. The minimum absolute atomic E-state index is 0.711. The Morgan fingerprint density at radius 1 is 1.39 bits per heavy atom. The van der Waals surface area contributed by atoms with Crippen LogP contribution in [0.2, 0.25) is 5.02 Å². The third-order valence-corrected chi connectivity index (χ3v) is 3.87. The van der Waals surface area contributed by atoms with E-state index in [1.54, 1.807) is 0 Å². The van der Waals surface area contributed by atoms with E-state index in [2.05, 4.69) is 59.2 Å². The molecule has 0 fully saturated rings. The van der Waals surface area contributed by atoms with E-state index in [1.807, 2.05) is 6.07 Å². The summed E-state index contributed by atoms with van der Waals surface area (Å²) >= 11 is 9.43. The maximum atomic E-state index is 5.98. The number of nitrogens with one attached hydrogen (secondary N) is 1. The molecule has 0 heterocycles.